The summed E-state index contributed by atoms with van der Waals surface area (Å²) in [5.74, 6) is 0.912. The number of rotatable bonds is 7. The Bertz CT molecular complexity index is 339. The van der Waals surface area contributed by atoms with E-state index in [9.17, 15) is 0 Å². The number of benzene rings is 1. The van der Waals surface area contributed by atoms with Crippen LogP contribution in [0.1, 0.15) is 36.4 Å². The quantitative estimate of drug-likeness (QED) is 0.742. The largest absolute Gasteiger partial charge is 0.496 e. The van der Waals surface area contributed by atoms with E-state index < -0.39 is 0 Å². The van der Waals surface area contributed by atoms with Crippen LogP contribution in [0.4, 0.5) is 0 Å². The zero-order valence-corrected chi connectivity index (χ0v) is 11.0. The number of hydrogen-bond donors (Lipinski definition) is 1. The number of aryl methyl sites for hydroxylation is 1. The van der Waals surface area contributed by atoms with E-state index in [2.05, 4.69) is 12.1 Å². The first-order valence-corrected chi connectivity index (χ1v) is 6.08. The minimum absolute atomic E-state index is 0.0846. The maximum atomic E-state index is 6.15. The summed E-state index contributed by atoms with van der Waals surface area (Å²) in [7, 11) is 3.42. The molecular weight excluding hydrogens is 214 g/mol. The van der Waals surface area contributed by atoms with Crippen LogP contribution in [-0.4, -0.2) is 20.8 Å². The highest BCUT2D eigenvalue weighted by molar-refractivity contribution is 5.37. The maximum absolute atomic E-state index is 6.15. The van der Waals surface area contributed by atoms with Gasteiger partial charge in [-0.3, -0.25) is 0 Å². The maximum Gasteiger partial charge on any atom is 0.122 e. The van der Waals surface area contributed by atoms with Crippen LogP contribution in [-0.2, 0) is 4.74 Å². The number of methoxy groups -OCH3 is 2. The van der Waals surface area contributed by atoms with Crippen LogP contribution in [0.15, 0.2) is 18.2 Å². The zero-order valence-electron chi connectivity index (χ0n) is 11.0. The highest BCUT2D eigenvalue weighted by atomic mass is 16.5. The van der Waals surface area contributed by atoms with Crippen LogP contribution < -0.4 is 10.5 Å². The second-order valence-electron chi connectivity index (χ2n) is 4.32. The van der Waals surface area contributed by atoms with E-state index >= 15 is 0 Å². The molecule has 1 aromatic carbocycles. The van der Waals surface area contributed by atoms with Crippen molar-refractivity contribution < 1.29 is 9.47 Å². The minimum atomic E-state index is 0.0846. The van der Waals surface area contributed by atoms with Crippen molar-refractivity contribution in [3.8, 4) is 5.75 Å². The summed E-state index contributed by atoms with van der Waals surface area (Å²) in [5, 5.41) is 0. The standard InChI is InChI=1S/C14H23NO2/c1-11-7-8-12(10-14(11)17-3)13(15)6-4-5-9-16-2/h7-8,10,13H,4-6,9,15H2,1-3H3. The van der Waals surface area contributed by atoms with E-state index in [4.69, 9.17) is 15.2 Å². The van der Waals surface area contributed by atoms with Gasteiger partial charge in [-0.2, -0.15) is 0 Å². The Morgan fingerprint density at radius 3 is 2.65 bits per heavy atom. The van der Waals surface area contributed by atoms with E-state index in [-0.39, 0.29) is 6.04 Å². The Balaban J connectivity index is 2.53. The smallest absolute Gasteiger partial charge is 0.122 e. The molecule has 1 atom stereocenters. The highest BCUT2D eigenvalue weighted by Gasteiger charge is 2.08. The van der Waals surface area contributed by atoms with Gasteiger partial charge < -0.3 is 15.2 Å². The van der Waals surface area contributed by atoms with Crippen molar-refractivity contribution in [3.05, 3.63) is 29.3 Å². The van der Waals surface area contributed by atoms with Gasteiger partial charge in [-0.05, 0) is 43.4 Å². The fourth-order valence-corrected chi connectivity index (χ4v) is 1.84. The number of ether oxygens (including phenoxy) is 2. The van der Waals surface area contributed by atoms with Crippen LogP contribution in [0, 0.1) is 6.92 Å². The molecule has 0 bridgehead atoms. The summed E-state index contributed by atoms with van der Waals surface area (Å²) >= 11 is 0. The summed E-state index contributed by atoms with van der Waals surface area (Å²) in [6.45, 7) is 2.84. The topological polar surface area (TPSA) is 44.5 Å². The van der Waals surface area contributed by atoms with E-state index in [0.29, 0.717) is 0 Å². The van der Waals surface area contributed by atoms with Gasteiger partial charge >= 0.3 is 0 Å². The SMILES string of the molecule is COCCCCC(N)c1ccc(C)c(OC)c1. The summed E-state index contributed by atoms with van der Waals surface area (Å²) in [5.41, 5.74) is 8.44. The van der Waals surface area contributed by atoms with Gasteiger partial charge in [-0.25, -0.2) is 0 Å². The van der Waals surface area contributed by atoms with Gasteiger partial charge in [-0.15, -0.1) is 0 Å². The van der Waals surface area contributed by atoms with Crippen molar-refractivity contribution in [1.82, 2.24) is 0 Å². The predicted octanol–water partition coefficient (Wildman–Crippen LogP) is 2.82. The molecule has 2 N–H and O–H groups in total. The molecule has 0 saturated carbocycles. The second kappa shape index (κ2) is 7.30. The highest BCUT2D eigenvalue weighted by Crippen LogP contribution is 2.24. The molecule has 1 rings (SSSR count). The third-order valence-electron chi connectivity index (χ3n) is 2.97. The Morgan fingerprint density at radius 1 is 1.24 bits per heavy atom. The monoisotopic (exact) mass is 237 g/mol. The average molecular weight is 237 g/mol. The molecule has 3 nitrogen and oxygen atoms in total. The minimum Gasteiger partial charge on any atom is -0.496 e. The molecule has 3 heteroatoms. The molecule has 17 heavy (non-hydrogen) atoms. The molecular formula is C14H23NO2. The van der Waals surface area contributed by atoms with Crippen molar-refractivity contribution in [2.24, 2.45) is 5.73 Å². The molecule has 96 valence electrons. The van der Waals surface area contributed by atoms with E-state index in [0.717, 1.165) is 42.7 Å². The van der Waals surface area contributed by atoms with Gasteiger partial charge in [0, 0.05) is 19.8 Å². The molecule has 0 amide bonds. The lowest BCUT2D eigenvalue weighted by Gasteiger charge is -2.14. The number of hydrogen-bond acceptors (Lipinski definition) is 3. The lowest BCUT2D eigenvalue weighted by atomic mass is 10.0. The van der Waals surface area contributed by atoms with Gasteiger partial charge in [0.2, 0.25) is 0 Å². The number of nitrogens with two attached hydrogens (primary N) is 1. The summed E-state index contributed by atoms with van der Waals surface area (Å²) in [4.78, 5) is 0. The molecule has 0 fully saturated rings. The van der Waals surface area contributed by atoms with Crippen LogP contribution in [0.3, 0.4) is 0 Å². The molecule has 1 aromatic rings. The fraction of sp³-hybridized carbons (Fsp3) is 0.571. The third kappa shape index (κ3) is 4.36. The molecule has 0 saturated heterocycles. The van der Waals surface area contributed by atoms with Crippen molar-refractivity contribution in [2.45, 2.75) is 32.2 Å². The van der Waals surface area contributed by atoms with Crippen molar-refractivity contribution in [1.29, 1.82) is 0 Å². The summed E-state index contributed by atoms with van der Waals surface area (Å²) in [6.07, 6.45) is 3.13. The first-order chi connectivity index (χ1) is 8.19. The first kappa shape index (κ1) is 14.0. The fourth-order valence-electron chi connectivity index (χ4n) is 1.84. The van der Waals surface area contributed by atoms with E-state index in [1.54, 1.807) is 14.2 Å². The van der Waals surface area contributed by atoms with Gasteiger partial charge in [0.05, 0.1) is 7.11 Å². The molecule has 0 spiro atoms. The van der Waals surface area contributed by atoms with Crippen LogP contribution >= 0.6 is 0 Å². The van der Waals surface area contributed by atoms with Crippen LogP contribution in [0.25, 0.3) is 0 Å². The Morgan fingerprint density at radius 2 is 2.00 bits per heavy atom. The van der Waals surface area contributed by atoms with Crippen molar-refractivity contribution >= 4 is 0 Å². The Hall–Kier alpha value is -1.06. The molecule has 0 radical (unpaired) electrons. The predicted molar refractivity (Wildman–Crippen MR) is 70.4 cm³/mol. The lowest BCUT2D eigenvalue weighted by Crippen LogP contribution is -2.10. The van der Waals surface area contributed by atoms with Gasteiger partial charge in [-0.1, -0.05) is 12.1 Å². The van der Waals surface area contributed by atoms with Gasteiger partial charge in [0.1, 0.15) is 5.75 Å². The molecule has 0 aromatic heterocycles. The zero-order chi connectivity index (χ0) is 12.7. The van der Waals surface area contributed by atoms with Crippen LogP contribution in [0.2, 0.25) is 0 Å². The lowest BCUT2D eigenvalue weighted by molar-refractivity contribution is 0.191. The number of unbranched alkanes of at least 4 members (excludes halogenated alkanes) is 1. The average Bonchev–Trinajstić information content (AvgIpc) is 2.35. The van der Waals surface area contributed by atoms with Crippen LogP contribution in [0.5, 0.6) is 5.75 Å². The summed E-state index contributed by atoms with van der Waals surface area (Å²) in [6, 6.07) is 6.26. The Kier molecular flexibility index (Phi) is 6.01. The Labute approximate surface area is 104 Å². The van der Waals surface area contributed by atoms with Crippen molar-refractivity contribution in [2.75, 3.05) is 20.8 Å². The first-order valence-electron chi connectivity index (χ1n) is 6.08. The summed E-state index contributed by atoms with van der Waals surface area (Å²) < 4.78 is 10.3. The molecule has 0 aliphatic carbocycles. The third-order valence-corrected chi connectivity index (χ3v) is 2.97. The molecule has 0 aliphatic heterocycles. The van der Waals surface area contributed by atoms with Crippen molar-refractivity contribution in [3.63, 3.8) is 0 Å². The van der Waals surface area contributed by atoms with Gasteiger partial charge in [0.25, 0.3) is 0 Å². The van der Waals surface area contributed by atoms with E-state index in [1.165, 1.54) is 0 Å². The molecule has 0 aliphatic rings. The molecule has 0 heterocycles. The van der Waals surface area contributed by atoms with Gasteiger partial charge in [0.15, 0.2) is 0 Å². The molecule has 1 unspecified atom stereocenters. The normalized spacial score (nSPS) is 12.5. The second-order valence-corrected chi connectivity index (χ2v) is 4.32. The van der Waals surface area contributed by atoms with E-state index in [1.807, 2.05) is 13.0 Å².